The Morgan fingerprint density at radius 1 is 1.18 bits per heavy atom. The second kappa shape index (κ2) is 5.53. The Labute approximate surface area is 101 Å². The topological polar surface area (TPSA) is 38.3 Å². The first-order chi connectivity index (χ1) is 8.29. The second-order valence-electron chi connectivity index (χ2n) is 4.17. The largest absolute Gasteiger partial charge is 0.497 e. The zero-order valence-corrected chi connectivity index (χ0v) is 10.0. The normalized spacial score (nSPS) is 18.2. The lowest BCUT2D eigenvalue weighted by Crippen LogP contribution is -2.09. The third-order valence-corrected chi connectivity index (χ3v) is 2.96. The number of hydrogen-bond donors (Lipinski definition) is 1. The lowest BCUT2D eigenvalue weighted by atomic mass is 9.94. The van der Waals surface area contributed by atoms with Gasteiger partial charge in [-0.3, -0.25) is 4.79 Å². The van der Waals surface area contributed by atoms with Gasteiger partial charge in [-0.15, -0.1) is 0 Å². The average molecular weight is 231 g/mol. The number of rotatable bonds is 3. The Bertz CT molecular complexity index is 420. The Balaban J connectivity index is 2.00. The van der Waals surface area contributed by atoms with Crippen LogP contribution in [-0.4, -0.2) is 12.9 Å². The molecule has 0 aromatic heterocycles. The molecule has 90 valence electrons. The monoisotopic (exact) mass is 231 g/mol. The van der Waals surface area contributed by atoms with Gasteiger partial charge in [0.15, 0.2) is 5.78 Å². The lowest BCUT2D eigenvalue weighted by molar-refractivity contribution is -0.116. The average Bonchev–Trinajstić information content (AvgIpc) is 2.38. The summed E-state index contributed by atoms with van der Waals surface area (Å²) in [4.78, 5) is 11.6. The summed E-state index contributed by atoms with van der Waals surface area (Å²) in [6.07, 6.45) is 5.56. The number of carbonyl (C=O) groups excluding carboxylic acids is 1. The lowest BCUT2D eigenvalue weighted by Gasteiger charge is -2.12. The van der Waals surface area contributed by atoms with Crippen LogP contribution in [0.3, 0.4) is 0 Å². The zero-order valence-electron chi connectivity index (χ0n) is 10.0. The Morgan fingerprint density at radius 2 is 1.88 bits per heavy atom. The molecule has 1 fully saturated rings. The number of allylic oxidation sites excluding steroid dienone is 1. The summed E-state index contributed by atoms with van der Waals surface area (Å²) < 4.78 is 5.08. The van der Waals surface area contributed by atoms with Crippen molar-refractivity contribution in [2.24, 2.45) is 0 Å². The highest BCUT2D eigenvalue weighted by Crippen LogP contribution is 2.20. The highest BCUT2D eigenvalue weighted by atomic mass is 16.5. The Morgan fingerprint density at radius 3 is 2.53 bits per heavy atom. The first kappa shape index (κ1) is 11.7. The Hall–Kier alpha value is -1.77. The van der Waals surface area contributed by atoms with Crippen LogP contribution in [0.15, 0.2) is 36.0 Å². The van der Waals surface area contributed by atoms with E-state index >= 15 is 0 Å². The van der Waals surface area contributed by atoms with Crippen LogP contribution < -0.4 is 10.1 Å². The van der Waals surface area contributed by atoms with Crippen LogP contribution in [0, 0.1) is 0 Å². The zero-order chi connectivity index (χ0) is 12.1. The van der Waals surface area contributed by atoms with Crippen LogP contribution >= 0.6 is 0 Å². The molecule has 3 heteroatoms. The molecule has 1 aromatic carbocycles. The third kappa shape index (κ3) is 3.09. The van der Waals surface area contributed by atoms with Gasteiger partial charge in [0, 0.05) is 23.9 Å². The van der Waals surface area contributed by atoms with Crippen molar-refractivity contribution in [3.05, 3.63) is 36.0 Å². The predicted octanol–water partition coefficient (Wildman–Crippen LogP) is 3.13. The minimum absolute atomic E-state index is 0.275. The molecule has 0 bridgehead atoms. The van der Waals surface area contributed by atoms with Crippen LogP contribution in [0.2, 0.25) is 0 Å². The van der Waals surface area contributed by atoms with Crippen molar-refractivity contribution in [1.29, 1.82) is 0 Å². The van der Waals surface area contributed by atoms with Crippen LogP contribution in [-0.2, 0) is 4.79 Å². The molecule has 1 aliphatic rings. The van der Waals surface area contributed by atoms with Crippen molar-refractivity contribution in [2.75, 3.05) is 12.4 Å². The van der Waals surface area contributed by atoms with E-state index in [0.717, 1.165) is 36.3 Å². The molecular weight excluding hydrogens is 214 g/mol. The number of ether oxygens (including phenoxy) is 1. The molecule has 1 aromatic rings. The first-order valence-corrected chi connectivity index (χ1v) is 5.92. The predicted molar refractivity (Wildman–Crippen MR) is 68.2 cm³/mol. The van der Waals surface area contributed by atoms with Gasteiger partial charge in [-0.2, -0.15) is 0 Å². The molecular formula is C14H17NO2. The number of Topliss-reactive ketones (excluding diaryl/α,β-unsaturated/α-hetero) is 1. The van der Waals surface area contributed by atoms with Gasteiger partial charge in [0.1, 0.15) is 5.75 Å². The SMILES string of the molecule is COc1ccc(NC=C2CCCCC2=O)cc1. The number of hydrogen-bond acceptors (Lipinski definition) is 3. The molecule has 0 spiro atoms. The van der Waals surface area contributed by atoms with Crippen molar-refractivity contribution in [3.8, 4) is 5.75 Å². The minimum Gasteiger partial charge on any atom is -0.497 e. The molecule has 2 rings (SSSR count). The molecule has 3 nitrogen and oxygen atoms in total. The van der Waals surface area contributed by atoms with Crippen molar-refractivity contribution >= 4 is 11.5 Å². The fraction of sp³-hybridized carbons (Fsp3) is 0.357. The smallest absolute Gasteiger partial charge is 0.160 e. The molecule has 0 aliphatic heterocycles. The van der Waals surface area contributed by atoms with Gasteiger partial charge >= 0.3 is 0 Å². The molecule has 0 unspecified atom stereocenters. The van der Waals surface area contributed by atoms with Gasteiger partial charge in [0.05, 0.1) is 7.11 Å². The molecule has 1 N–H and O–H groups in total. The molecule has 0 atom stereocenters. The van der Waals surface area contributed by atoms with Crippen molar-refractivity contribution in [1.82, 2.24) is 0 Å². The number of benzene rings is 1. The number of methoxy groups -OCH3 is 1. The van der Waals surface area contributed by atoms with Crippen LogP contribution in [0.1, 0.15) is 25.7 Å². The standard InChI is InChI=1S/C14H17NO2/c1-17-13-8-6-12(7-9-13)15-10-11-4-2-3-5-14(11)16/h6-10,15H,2-5H2,1H3. The van der Waals surface area contributed by atoms with Gasteiger partial charge in [-0.1, -0.05) is 0 Å². The maximum absolute atomic E-state index is 11.6. The summed E-state index contributed by atoms with van der Waals surface area (Å²) in [5.41, 5.74) is 1.88. The first-order valence-electron chi connectivity index (χ1n) is 5.92. The van der Waals surface area contributed by atoms with Crippen molar-refractivity contribution in [3.63, 3.8) is 0 Å². The van der Waals surface area contributed by atoms with E-state index in [9.17, 15) is 4.79 Å². The summed E-state index contributed by atoms with van der Waals surface area (Å²) in [5, 5.41) is 3.16. The Kier molecular flexibility index (Phi) is 3.81. The van der Waals surface area contributed by atoms with Gasteiger partial charge in [-0.25, -0.2) is 0 Å². The fourth-order valence-electron chi connectivity index (χ4n) is 1.91. The van der Waals surface area contributed by atoms with E-state index in [-0.39, 0.29) is 5.78 Å². The van der Waals surface area contributed by atoms with E-state index in [0.29, 0.717) is 6.42 Å². The number of carbonyl (C=O) groups is 1. The summed E-state index contributed by atoms with van der Waals surface area (Å²) in [7, 11) is 1.64. The number of ketones is 1. The van der Waals surface area contributed by atoms with Gasteiger partial charge in [-0.05, 0) is 43.5 Å². The highest BCUT2D eigenvalue weighted by Gasteiger charge is 2.14. The summed E-state index contributed by atoms with van der Waals surface area (Å²) in [6, 6.07) is 7.65. The third-order valence-electron chi connectivity index (χ3n) is 2.96. The van der Waals surface area contributed by atoms with Crippen molar-refractivity contribution < 1.29 is 9.53 Å². The molecule has 17 heavy (non-hydrogen) atoms. The molecule has 1 saturated carbocycles. The molecule has 1 aliphatic carbocycles. The van der Waals surface area contributed by atoms with Gasteiger partial charge < -0.3 is 10.1 Å². The maximum atomic E-state index is 11.6. The highest BCUT2D eigenvalue weighted by molar-refractivity contribution is 5.96. The van der Waals surface area contributed by atoms with Crippen LogP contribution in [0.5, 0.6) is 5.75 Å². The van der Waals surface area contributed by atoms with Crippen LogP contribution in [0.4, 0.5) is 5.69 Å². The van der Waals surface area contributed by atoms with Gasteiger partial charge in [0.25, 0.3) is 0 Å². The molecule has 0 heterocycles. The second-order valence-corrected chi connectivity index (χ2v) is 4.17. The molecule has 0 amide bonds. The van der Waals surface area contributed by atoms with Crippen LogP contribution in [0.25, 0.3) is 0 Å². The van der Waals surface area contributed by atoms with E-state index in [1.807, 2.05) is 30.5 Å². The molecule has 0 saturated heterocycles. The molecule has 0 radical (unpaired) electrons. The fourth-order valence-corrected chi connectivity index (χ4v) is 1.91. The van der Waals surface area contributed by atoms with Gasteiger partial charge in [0.2, 0.25) is 0 Å². The van der Waals surface area contributed by atoms with E-state index in [1.165, 1.54) is 0 Å². The summed E-state index contributed by atoms with van der Waals surface area (Å²) >= 11 is 0. The number of nitrogens with one attached hydrogen (secondary N) is 1. The van der Waals surface area contributed by atoms with E-state index in [2.05, 4.69) is 5.32 Å². The van der Waals surface area contributed by atoms with E-state index < -0.39 is 0 Å². The summed E-state index contributed by atoms with van der Waals surface area (Å²) in [5.74, 6) is 1.11. The maximum Gasteiger partial charge on any atom is 0.160 e. The summed E-state index contributed by atoms with van der Waals surface area (Å²) in [6.45, 7) is 0. The number of anilines is 1. The van der Waals surface area contributed by atoms with Crippen molar-refractivity contribution in [2.45, 2.75) is 25.7 Å². The minimum atomic E-state index is 0.275. The van der Waals surface area contributed by atoms with E-state index in [4.69, 9.17) is 4.74 Å². The quantitative estimate of drug-likeness (QED) is 0.812. The van der Waals surface area contributed by atoms with E-state index in [1.54, 1.807) is 7.11 Å².